The lowest BCUT2D eigenvalue weighted by Crippen LogP contribution is -2.19. The molecule has 1 aliphatic heterocycles. The number of fused-ring (bicyclic) bond motifs is 1. The molecule has 4 nitrogen and oxygen atoms in total. The molecule has 5 heteroatoms. The van der Waals surface area contributed by atoms with Crippen LogP contribution in [0.15, 0.2) is 76.6 Å². The number of amides is 1. The van der Waals surface area contributed by atoms with E-state index in [0.717, 1.165) is 22.4 Å². The summed E-state index contributed by atoms with van der Waals surface area (Å²) in [6, 6.07) is 21.7. The minimum absolute atomic E-state index is 0.134. The molecule has 0 aromatic heterocycles. The standard InChI is InChI=1S/C21H16N2O2S/c1-25-18-10-6-14(7-11-18)12-19-20(24)23-21(26-19)22-17-9-8-15-4-2-3-5-16(15)13-17/h2-13H,1H3,(H,22,23,24). The molecular formula is C21H16N2O2S. The van der Waals surface area contributed by atoms with Gasteiger partial charge in [-0.25, -0.2) is 4.99 Å². The van der Waals surface area contributed by atoms with E-state index in [0.29, 0.717) is 10.1 Å². The number of ether oxygens (including phenoxy) is 1. The second-order valence-corrected chi connectivity index (χ2v) is 6.82. The van der Waals surface area contributed by atoms with Gasteiger partial charge in [0.05, 0.1) is 17.7 Å². The molecule has 3 aromatic carbocycles. The van der Waals surface area contributed by atoms with Gasteiger partial charge in [0.1, 0.15) is 5.75 Å². The van der Waals surface area contributed by atoms with Crippen LogP contribution in [0.3, 0.4) is 0 Å². The van der Waals surface area contributed by atoms with Gasteiger partial charge < -0.3 is 10.1 Å². The lowest BCUT2D eigenvalue weighted by Gasteiger charge is -2.00. The van der Waals surface area contributed by atoms with Crippen molar-refractivity contribution < 1.29 is 9.53 Å². The van der Waals surface area contributed by atoms with Crippen molar-refractivity contribution in [3.05, 3.63) is 77.2 Å². The van der Waals surface area contributed by atoms with Crippen molar-refractivity contribution in [3.63, 3.8) is 0 Å². The van der Waals surface area contributed by atoms with Gasteiger partial charge in [0.15, 0.2) is 5.17 Å². The van der Waals surface area contributed by atoms with Crippen LogP contribution in [0.5, 0.6) is 5.75 Å². The van der Waals surface area contributed by atoms with E-state index in [1.54, 1.807) is 7.11 Å². The molecule has 1 saturated heterocycles. The molecule has 1 amide bonds. The fourth-order valence-corrected chi connectivity index (χ4v) is 3.54. The first-order valence-corrected chi connectivity index (χ1v) is 8.95. The molecular weight excluding hydrogens is 344 g/mol. The van der Waals surface area contributed by atoms with E-state index < -0.39 is 0 Å². The van der Waals surface area contributed by atoms with Gasteiger partial charge in [-0.3, -0.25) is 4.79 Å². The number of benzene rings is 3. The highest BCUT2D eigenvalue weighted by molar-refractivity contribution is 8.18. The predicted molar refractivity (Wildman–Crippen MR) is 108 cm³/mol. The fourth-order valence-electron chi connectivity index (χ4n) is 2.70. The van der Waals surface area contributed by atoms with E-state index in [1.807, 2.05) is 60.7 Å². The molecule has 0 atom stereocenters. The molecule has 128 valence electrons. The van der Waals surface area contributed by atoms with Gasteiger partial charge in [0, 0.05) is 0 Å². The van der Waals surface area contributed by atoms with Gasteiger partial charge in [0.2, 0.25) is 0 Å². The molecule has 0 unspecified atom stereocenters. The molecule has 1 aliphatic rings. The maximum absolute atomic E-state index is 12.2. The van der Waals surface area contributed by atoms with E-state index >= 15 is 0 Å². The van der Waals surface area contributed by atoms with Gasteiger partial charge >= 0.3 is 0 Å². The van der Waals surface area contributed by atoms with Crippen molar-refractivity contribution in [3.8, 4) is 5.75 Å². The summed E-state index contributed by atoms with van der Waals surface area (Å²) >= 11 is 1.34. The number of thioether (sulfide) groups is 1. The molecule has 3 aromatic rings. The maximum Gasteiger partial charge on any atom is 0.264 e. The van der Waals surface area contributed by atoms with Gasteiger partial charge in [-0.15, -0.1) is 0 Å². The van der Waals surface area contributed by atoms with E-state index in [-0.39, 0.29) is 5.91 Å². The van der Waals surface area contributed by atoms with Crippen LogP contribution in [0.4, 0.5) is 5.69 Å². The summed E-state index contributed by atoms with van der Waals surface area (Å²) in [7, 11) is 1.63. The number of carbonyl (C=O) groups is 1. The van der Waals surface area contributed by atoms with Gasteiger partial charge in [-0.05, 0) is 58.4 Å². The molecule has 26 heavy (non-hydrogen) atoms. The SMILES string of the molecule is COc1ccc(C=C2SC(=Nc3ccc4ccccc4c3)NC2=O)cc1. The fraction of sp³-hybridized carbons (Fsp3) is 0.0476. The lowest BCUT2D eigenvalue weighted by molar-refractivity contribution is -0.115. The first-order chi connectivity index (χ1) is 12.7. The summed E-state index contributed by atoms with van der Waals surface area (Å²) in [5.74, 6) is 0.652. The molecule has 0 bridgehead atoms. The van der Waals surface area contributed by atoms with Crippen LogP contribution in [-0.2, 0) is 4.79 Å². The number of carbonyl (C=O) groups excluding carboxylic acids is 1. The van der Waals surface area contributed by atoms with E-state index in [4.69, 9.17) is 4.74 Å². The highest BCUT2D eigenvalue weighted by atomic mass is 32.2. The van der Waals surface area contributed by atoms with Crippen molar-refractivity contribution in [1.29, 1.82) is 0 Å². The molecule has 0 radical (unpaired) electrons. The number of methoxy groups -OCH3 is 1. The Morgan fingerprint density at radius 1 is 1.00 bits per heavy atom. The van der Waals surface area contributed by atoms with Crippen LogP contribution < -0.4 is 10.1 Å². The molecule has 0 saturated carbocycles. The average molecular weight is 360 g/mol. The molecule has 4 rings (SSSR count). The molecule has 1 heterocycles. The minimum Gasteiger partial charge on any atom is -0.497 e. The Morgan fingerprint density at radius 2 is 1.77 bits per heavy atom. The van der Waals surface area contributed by atoms with E-state index in [2.05, 4.69) is 22.4 Å². The quantitative estimate of drug-likeness (QED) is 0.687. The number of hydrogen-bond acceptors (Lipinski definition) is 4. The smallest absolute Gasteiger partial charge is 0.264 e. The van der Waals surface area contributed by atoms with Gasteiger partial charge in [-0.2, -0.15) is 0 Å². The zero-order chi connectivity index (χ0) is 17.9. The van der Waals surface area contributed by atoms with Crippen LogP contribution in [0.2, 0.25) is 0 Å². The van der Waals surface area contributed by atoms with Crippen molar-refractivity contribution in [2.45, 2.75) is 0 Å². The third-order valence-corrected chi connectivity index (χ3v) is 4.94. The van der Waals surface area contributed by atoms with Gasteiger partial charge in [-0.1, -0.05) is 42.5 Å². The molecule has 1 N–H and O–H groups in total. The summed E-state index contributed by atoms with van der Waals surface area (Å²) < 4.78 is 5.15. The average Bonchev–Trinajstić information content (AvgIpc) is 3.01. The first kappa shape index (κ1) is 16.4. The van der Waals surface area contributed by atoms with Crippen molar-refractivity contribution in [1.82, 2.24) is 5.32 Å². The Kier molecular flexibility index (Phi) is 4.46. The molecule has 0 spiro atoms. The van der Waals surface area contributed by atoms with Crippen molar-refractivity contribution in [2.24, 2.45) is 4.99 Å². The predicted octanol–water partition coefficient (Wildman–Crippen LogP) is 4.74. The second-order valence-electron chi connectivity index (χ2n) is 5.79. The Labute approximate surface area is 155 Å². The minimum atomic E-state index is -0.134. The van der Waals surface area contributed by atoms with E-state index in [1.165, 1.54) is 17.1 Å². The first-order valence-electron chi connectivity index (χ1n) is 8.14. The summed E-state index contributed by atoms with van der Waals surface area (Å²) in [6.07, 6.45) is 1.85. The maximum atomic E-state index is 12.2. The van der Waals surface area contributed by atoms with Crippen molar-refractivity contribution in [2.75, 3.05) is 7.11 Å². The monoisotopic (exact) mass is 360 g/mol. The normalized spacial score (nSPS) is 17.0. The van der Waals surface area contributed by atoms with Crippen LogP contribution in [0, 0.1) is 0 Å². The van der Waals surface area contributed by atoms with Crippen molar-refractivity contribution >= 4 is 45.4 Å². The Bertz CT molecular complexity index is 1040. The van der Waals surface area contributed by atoms with Crippen LogP contribution in [-0.4, -0.2) is 18.2 Å². The Hall–Kier alpha value is -3.05. The third kappa shape index (κ3) is 3.48. The Morgan fingerprint density at radius 3 is 2.54 bits per heavy atom. The van der Waals surface area contributed by atoms with Crippen LogP contribution in [0.25, 0.3) is 16.8 Å². The molecule has 1 fully saturated rings. The summed E-state index contributed by atoms with van der Waals surface area (Å²) in [4.78, 5) is 17.4. The number of amidine groups is 1. The van der Waals surface area contributed by atoms with Crippen LogP contribution >= 0.6 is 11.8 Å². The zero-order valence-corrected chi connectivity index (χ0v) is 14.9. The van der Waals surface area contributed by atoms with E-state index in [9.17, 15) is 4.79 Å². The summed E-state index contributed by atoms with van der Waals surface area (Å²) in [6.45, 7) is 0. The number of aliphatic imine (C=N–C) groups is 1. The largest absolute Gasteiger partial charge is 0.497 e. The highest BCUT2D eigenvalue weighted by Crippen LogP contribution is 2.29. The lowest BCUT2D eigenvalue weighted by atomic mass is 10.1. The highest BCUT2D eigenvalue weighted by Gasteiger charge is 2.23. The number of hydrogen-bond donors (Lipinski definition) is 1. The van der Waals surface area contributed by atoms with Crippen LogP contribution in [0.1, 0.15) is 5.56 Å². The topological polar surface area (TPSA) is 50.7 Å². The number of nitrogens with zero attached hydrogens (tertiary/aromatic N) is 1. The second kappa shape index (κ2) is 7.06. The molecule has 0 aliphatic carbocycles. The number of nitrogens with one attached hydrogen (secondary N) is 1. The van der Waals surface area contributed by atoms with Gasteiger partial charge in [0.25, 0.3) is 5.91 Å². The summed E-state index contributed by atoms with van der Waals surface area (Å²) in [5.41, 5.74) is 1.76. The Balaban J connectivity index is 1.57. The summed E-state index contributed by atoms with van der Waals surface area (Å²) in [5, 5.41) is 5.70. The third-order valence-electron chi connectivity index (χ3n) is 4.03. The zero-order valence-electron chi connectivity index (χ0n) is 14.1. The number of rotatable bonds is 3.